The SMILES string of the molecule is CC1CCOC1C(N)Cc1cc(F)ccc1Br. The third-order valence-corrected chi connectivity index (χ3v) is 4.10. The number of hydrogen-bond acceptors (Lipinski definition) is 2. The fourth-order valence-electron chi connectivity index (χ4n) is 2.33. The molecular formula is C13H17BrFNO. The quantitative estimate of drug-likeness (QED) is 0.932. The van der Waals surface area contributed by atoms with E-state index in [1.807, 2.05) is 0 Å². The number of halogens is 2. The first-order chi connectivity index (χ1) is 8.08. The van der Waals surface area contributed by atoms with E-state index in [4.69, 9.17) is 10.5 Å². The summed E-state index contributed by atoms with van der Waals surface area (Å²) in [5.74, 6) is 0.258. The molecule has 0 amide bonds. The Hall–Kier alpha value is -0.450. The topological polar surface area (TPSA) is 35.2 Å². The fraction of sp³-hybridized carbons (Fsp3) is 0.538. The van der Waals surface area contributed by atoms with Gasteiger partial charge in [-0.15, -0.1) is 0 Å². The zero-order valence-corrected chi connectivity index (χ0v) is 11.4. The summed E-state index contributed by atoms with van der Waals surface area (Å²) < 4.78 is 19.7. The summed E-state index contributed by atoms with van der Waals surface area (Å²) in [4.78, 5) is 0. The van der Waals surface area contributed by atoms with Gasteiger partial charge in [-0.25, -0.2) is 4.39 Å². The Balaban J connectivity index is 2.07. The Morgan fingerprint density at radius 2 is 2.35 bits per heavy atom. The number of nitrogens with two attached hydrogens (primary N) is 1. The van der Waals surface area contributed by atoms with E-state index < -0.39 is 0 Å². The average molecular weight is 302 g/mol. The fourth-order valence-corrected chi connectivity index (χ4v) is 2.74. The lowest BCUT2D eigenvalue weighted by atomic mass is 9.93. The van der Waals surface area contributed by atoms with E-state index >= 15 is 0 Å². The summed E-state index contributed by atoms with van der Waals surface area (Å²) in [6.07, 6.45) is 1.78. The van der Waals surface area contributed by atoms with Gasteiger partial charge in [-0.05, 0) is 42.5 Å². The minimum atomic E-state index is -0.226. The second-order valence-electron chi connectivity index (χ2n) is 4.71. The summed E-state index contributed by atoms with van der Waals surface area (Å²) >= 11 is 3.42. The maximum Gasteiger partial charge on any atom is 0.123 e. The molecule has 3 atom stereocenters. The van der Waals surface area contributed by atoms with Crippen molar-refractivity contribution in [3.05, 3.63) is 34.1 Å². The normalized spacial score (nSPS) is 26.1. The standard InChI is InChI=1S/C13H17BrFNO/c1-8-4-5-17-13(8)12(16)7-9-6-10(15)2-3-11(9)14/h2-3,6,8,12-13H,4-5,7,16H2,1H3. The van der Waals surface area contributed by atoms with Gasteiger partial charge in [0.25, 0.3) is 0 Å². The van der Waals surface area contributed by atoms with E-state index in [2.05, 4.69) is 22.9 Å². The van der Waals surface area contributed by atoms with Crippen LogP contribution in [0.5, 0.6) is 0 Å². The van der Waals surface area contributed by atoms with Crippen molar-refractivity contribution < 1.29 is 9.13 Å². The zero-order valence-electron chi connectivity index (χ0n) is 9.83. The lowest BCUT2D eigenvalue weighted by Gasteiger charge is -2.22. The Bertz CT molecular complexity index is 399. The second-order valence-corrected chi connectivity index (χ2v) is 5.56. The number of ether oxygens (including phenoxy) is 1. The van der Waals surface area contributed by atoms with Gasteiger partial charge in [0, 0.05) is 17.1 Å². The molecule has 2 nitrogen and oxygen atoms in total. The van der Waals surface area contributed by atoms with Crippen molar-refractivity contribution in [3.8, 4) is 0 Å². The lowest BCUT2D eigenvalue weighted by molar-refractivity contribution is 0.0726. The minimum Gasteiger partial charge on any atom is -0.376 e. The molecule has 0 aromatic heterocycles. The number of hydrogen-bond donors (Lipinski definition) is 1. The Morgan fingerprint density at radius 1 is 1.59 bits per heavy atom. The monoisotopic (exact) mass is 301 g/mol. The molecule has 1 aromatic rings. The molecule has 1 heterocycles. The number of rotatable bonds is 3. The maximum absolute atomic E-state index is 13.2. The molecule has 0 radical (unpaired) electrons. The smallest absolute Gasteiger partial charge is 0.123 e. The van der Waals surface area contributed by atoms with Crippen molar-refractivity contribution in [2.24, 2.45) is 11.7 Å². The van der Waals surface area contributed by atoms with E-state index in [-0.39, 0.29) is 18.0 Å². The highest BCUT2D eigenvalue weighted by Gasteiger charge is 2.30. The molecule has 17 heavy (non-hydrogen) atoms. The summed E-state index contributed by atoms with van der Waals surface area (Å²) in [6, 6.07) is 4.61. The van der Waals surface area contributed by atoms with E-state index in [9.17, 15) is 4.39 Å². The van der Waals surface area contributed by atoms with Crippen LogP contribution in [0.3, 0.4) is 0 Å². The summed E-state index contributed by atoms with van der Waals surface area (Å²) in [6.45, 7) is 2.93. The Morgan fingerprint density at radius 3 is 3.00 bits per heavy atom. The molecule has 1 fully saturated rings. The van der Waals surface area contributed by atoms with Gasteiger partial charge in [-0.1, -0.05) is 22.9 Å². The highest BCUT2D eigenvalue weighted by atomic mass is 79.9. The molecule has 0 saturated carbocycles. The van der Waals surface area contributed by atoms with Crippen molar-refractivity contribution in [1.29, 1.82) is 0 Å². The predicted molar refractivity (Wildman–Crippen MR) is 69.3 cm³/mol. The molecule has 1 saturated heterocycles. The Kier molecular flexibility index (Phi) is 4.17. The third kappa shape index (κ3) is 3.06. The van der Waals surface area contributed by atoms with Crippen LogP contribution in [0, 0.1) is 11.7 Å². The molecule has 0 bridgehead atoms. The van der Waals surface area contributed by atoms with Crippen LogP contribution in [0.2, 0.25) is 0 Å². The van der Waals surface area contributed by atoms with Gasteiger partial charge in [0.15, 0.2) is 0 Å². The molecule has 2 rings (SSSR count). The van der Waals surface area contributed by atoms with Gasteiger partial charge in [0.05, 0.1) is 6.10 Å². The maximum atomic E-state index is 13.2. The van der Waals surface area contributed by atoms with Gasteiger partial charge >= 0.3 is 0 Å². The summed E-state index contributed by atoms with van der Waals surface area (Å²) in [7, 11) is 0. The molecule has 3 unspecified atom stereocenters. The molecule has 1 aliphatic rings. The first-order valence-corrected chi connectivity index (χ1v) is 6.68. The second kappa shape index (κ2) is 5.46. The van der Waals surface area contributed by atoms with Crippen molar-refractivity contribution in [1.82, 2.24) is 0 Å². The molecular weight excluding hydrogens is 285 g/mol. The third-order valence-electron chi connectivity index (χ3n) is 3.33. The first-order valence-electron chi connectivity index (χ1n) is 5.89. The van der Waals surface area contributed by atoms with Crippen molar-refractivity contribution in [2.45, 2.75) is 31.9 Å². The summed E-state index contributed by atoms with van der Waals surface area (Å²) in [5.41, 5.74) is 7.06. The Labute approximate surface area is 109 Å². The van der Waals surface area contributed by atoms with Gasteiger partial charge in [0.2, 0.25) is 0 Å². The predicted octanol–water partition coefficient (Wildman–Crippen LogP) is 2.88. The molecule has 94 valence electrons. The van der Waals surface area contributed by atoms with Crippen LogP contribution in [0.4, 0.5) is 4.39 Å². The summed E-state index contributed by atoms with van der Waals surface area (Å²) in [5, 5.41) is 0. The van der Waals surface area contributed by atoms with Crippen LogP contribution < -0.4 is 5.73 Å². The number of benzene rings is 1. The van der Waals surface area contributed by atoms with Crippen molar-refractivity contribution in [3.63, 3.8) is 0 Å². The van der Waals surface area contributed by atoms with Gasteiger partial charge in [-0.3, -0.25) is 0 Å². The molecule has 1 aromatic carbocycles. The van der Waals surface area contributed by atoms with Crippen molar-refractivity contribution in [2.75, 3.05) is 6.61 Å². The van der Waals surface area contributed by atoms with E-state index in [1.54, 1.807) is 6.07 Å². The largest absolute Gasteiger partial charge is 0.376 e. The van der Waals surface area contributed by atoms with Crippen LogP contribution in [0.1, 0.15) is 18.9 Å². The zero-order chi connectivity index (χ0) is 12.4. The van der Waals surface area contributed by atoms with E-state index in [1.165, 1.54) is 12.1 Å². The van der Waals surface area contributed by atoms with Crippen LogP contribution in [0.15, 0.2) is 22.7 Å². The highest BCUT2D eigenvalue weighted by Crippen LogP contribution is 2.26. The lowest BCUT2D eigenvalue weighted by Crippen LogP contribution is -2.39. The molecule has 4 heteroatoms. The molecule has 1 aliphatic heterocycles. The molecule has 0 aliphatic carbocycles. The molecule has 0 spiro atoms. The molecule has 2 N–H and O–H groups in total. The van der Waals surface area contributed by atoms with E-state index in [0.29, 0.717) is 12.3 Å². The van der Waals surface area contributed by atoms with Crippen LogP contribution >= 0.6 is 15.9 Å². The average Bonchev–Trinajstić information content (AvgIpc) is 2.70. The van der Waals surface area contributed by atoms with Gasteiger partial charge in [0.1, 0.15) is 5.82 Å². The first kappa shape index (κ1) is 13.0. The van der Waals surface area contributed by atoms with Crippen LogP contribution in [-0.4, -0.2) is 18.8 Å². The van der Waals surface area contributed by atoms with Crippen LogP contribution in [-0.2, 0) is 11.2 Å². The van der Waals surface area contributed by atoms with E-state index in [0.717, 1.165) is 23.1 Å². The highest BCUT2D eigenvalue weighted by molar-refractivity contribution is 9.10. The van der Waals surface area contributed by atoms with Crippen molar-refractivity contribution >= 4 is 15.9 Å². The van der Waals surface area contributed by atoms with Gasteiger partial charge < -0.3 is 10.5 Å². The van der Waals surface area contributed by atoms with Crippen LogP contribution in [0.25, 0.3) is 0 Å². The minimum absolute atomic E-state index is 0.0781. The van der Waals surface area contributed by atoms with Gasteiger partial charge in [-0.2, -0.15) is 0 Å².